The van der Waals surface area contributed by atoms with Gasteiger partial charge in [-0.3, -0.25) is 20.2 Å². The van der Waals surface area contributed by atoms with Crippen molar-refractivity contribution in [3.05, 3.63) is 49.4 Å². The van der Waals surface area contributed by atoms with Gasteiger partial charge >= 0.3 is 0 Å². The summed E-state index contributed by atoms with van der Waals surface area (Å²) in [5, 5.41) is 13.9. The second-order valence-electron chi connectivity index (χ2n) is 3.65. The molecule has 0 saturated carbocycles. The van der Waals surface area contributed by atoms with Crippen molar-refractivity contribution in [2.24, 2.45) is 0 Å². The summed E-state index contributed by atoms with van der Waals surface area (Å²) in [7, 11) is 0. The molecule has 0 radical (unpaired) electrons. The van der Waals surface area contributed by atoms with Gasteiger partial charge in [-0.2, -0.15) is 0 Å². The summed E-state index contributed by atoms with van der Waals surface area (Å²) in [6.07, 6.45) is 1.55. The number of thiazole rings is 1. The van der Waals surface area contributed by atoms with Crippen LogP contribution in [0.3, 0.4) is 0 Å². The van der Waals surface area contributed by atoms with Crippen LogP contribution in [0.5, 0.6) is 0 Å². The van der Waals surface area contributed by atoms with Crippen molar-refractivity contribution >= 4 is 44.0 Å². The van der Waals surface area contributed by atoms with E-state index in [0.29, 0.717) is 10.7 Å². The number of anilines is 1. The number of aromatic nitrogens is 1. The third-order valence-electron chi connectivity index (χ3n) is 2.36. The van der Waals surface area contributed by atoms with Gasteiger partial charge in [-0.05, 0) is 28.9 Å². The van der Waals surface area contributed by atoms with Gasteiger partial charge in [0.05, 0.1) is 14.9 Å². The van der Waals surface area contributed by atoms with Gasteiger partial charge in [0.1, 0.15) is 5.56 Å². The number of amides is 1. The lowest BCUT2D eigenvalue weighted by molar-refractivity contribution is -0.385. The Bertz CT molecular complexity index is 656. The van der Waals surface area contributed by atoms with Gasteiger partial charge in [-0.1, -0.05) is 23.5 Å². The molecular formula is C11H8BrN3O3S. The number of nitro groups is 1. The Labute approximate surface area is 120 Å². The van der Waals surface area contributed by atoms with Gasteiger partial charge in [-0.15, -0.1) is 0 Å². The number of carbonyl (C=O) groups excluding carboxylic acids is 1. The third-order valence-corrected chi connectivity index (χ3v) is 3.75. The van der Waals surface area contributed by atoms with E-state index >= 15 is 0 Å². The Balaban J connectivity index is 2.34. The summed E-state index contributed by atoms with van der Waals surface area (Å²) in [4.78, 5) is 26.4. The predicted molar refractivity (Wildman–Crippen MR) is 75.6 cm³/mol. The van der Waals surface area contributed by atoms with E-state index in [0.717, 1.165) is 3.79 Å². The lowest BCUT2D eigenvalue weighted by atomic mass is 10.1. The molecule has 0 aliphatic heterocycles. The molecule has 1 heterocycles. The molecule has 8 heteroatoms. The number of halogens is 1. The average molecular weight is 342 g/mol. The smallest absolute Gasteiger partial charge is 0.285 e. The van der Waals surface area contributed by atoms with Gasteiger partial charge in [0, 0.05) is 5.56 Å². The van der Waals surface area contributed by atoms with Crippen molar-refractivity contribution in [2.75, 3.05) is 5.32 Å². The van der Waals surface area contributed by atoms with E-state index < -0.39 is 10.8 Å². The van der Waals surface area contributed by atoms with Crippen LogP contribution >= 0.6 is 27.3 Å². The maximum absolute atomic E-state index is 12.0. The fourth-order valence-corrected chi connectivity index (χ4v) is 2.66. The van der Waals surface area contributed by atoms with Crippen molar-refractivity contribution in [3.63, 3.8) is 0 Å². The molecule has 1 amide bonds. The number of benzene rings is 1. The third kappa shape index (κ3) is 2.96. The maximum atomic E-state index is 12.0. The Hall–Kier alpha value is -1.80. The molecule has 0 unspecified atom stereocenters. The summed E-state index contributed by atoms with van der Waals surface area (Å²) in [5.74, 6) is -0.544. The molecule has 98 valence electrons. The Kier molecular flexibility index (Phi) is 3.91. The molecule has 1 aromatic heterocycles. The average Bonchev–Trinajstić information content (AvgIpc) is 2.73. The van der Waals surface area contributed by atoms with Gasteiger partial charge < -0.3 is 0 Å². The van der Waals surface area contributed by atoms with E-state index in [9.17, 15) is 14.9 Å². The summed E-state index contributed by atoms with van der Waals surface area (Å²) in [6, 6.07) is 4.62. The lowest BCUT2D eigenvalue weighted by Gasteiger charge is -2.04. The second kappa shape index (κ2) is 5.45. The first-order valence-corrected chi connectivity index (χ1v) is 6.76. The Morgan fingerprint density at radius 2 is 2.26 bits per heavy atom. The molecule has 6 nitrogen and oxygen atoms in total. The first kappa shape index (κ1) is 13.6. The van der Waals surface area contributed by atoms with Crippen LogP contribution in [0.25, 0.3) is 0 Å². The number of aryl methyl sites for hydroxylation is 1. The minimum atomic E-state index is -0.554. The van der Waals surface area contributed by atoms with E-state index in [1.54, 1.807) is 25.3 Å². The number of para-hydroxylation sites is 1. The molecule has 0 aliphatic carbocycles. The lowest BCUT2D eigenvalue weighted by Crippen LogP contribution is -2.14. The van der Waals surface area contributed by atoms with Crippen molar-refractivity contribution in [2.45, 2.75) is 6.92 Å². The Morgan fingerprint density at radius 1 is 1.53 bits per heavy atom. The normalized spacial score (nSPS) is 10.2. The minimum absolute atomic E-state index is 0.0244. The summed E-state index contributed by atoms with van der Waals surface area (Å²) < 4.78 is 0.765. The molecule has 0 fully saturated rings. The van der Waals surface area contributed by atoms with Gasteiger partial charge in [0.25, 0.3) is 11.6 Å². The molecule has 0 bridgehead atoms. The molecule has 0 spiro atoms. The predicted octanol–water partition coefficient (Wildman–Crippen LogP) is 3.37. The van der Waals surface area contributed by atoms with Crippen LogP contribution in [0, 0.1) is 17.0 Å². The quantitative estimate of drug-likeness (QED) is 0.684. The van der Waals surface area contributed by atoms with Crippen molar-refractivity contribution in [1.29, 1.82) is 0 Å². The zero-order chi connectivity index (χ0) is 14.0. The number of nitro benzene ring substituents is 1. The van der Waals surface area contributed by atoms with E-state index in [-0.39, 0.29) is 11.3 Å². The number of carbonyl (C=O) groups is 1. The van der Waals surface area contributed by atoms with Crippen LogP contribution in [0.2, 0.25) is 0 Å². The molecule has 0 saturated heterocycles. The zero-order valence-corrected chi connectivity index (χ0v) is 12.1. The molecule has 2 aromatic rings. The molecule has 0 atom stereocenters. The highest BCUT2D eigenvalue weighted by Gasteiger charge is 2.22. The van der Waals surface area contributed by atoms with Crippen LogP contribution in [0.1, 0.15) is 15.9 Å². The summed E-state index contributed by atoms with van der Waals surface area (Å²) >= 11 is 4.46. The highest BCUT2D eigenvalue weighted by molar-refractivity contribution is 9.11. The van der Waals surface area contributed by atoms with Crippen molar-refractivity contribution in [3.8, 4) is 0 Å². The van der Waals surface area contributed by atoms with Crippen molar-refractivity contribution < 1.29 is 9.72 Å². The number of nitrogens with one attached hydrogen (secondary N) is 1. The largest absolute Gasteiger partial charge is 0.298 e. The standard InChI is InChI=1S/C11H8BrN3O3S/c1-6-3-2-4-7(9(6)15(17)18)10(16)14-11-13-5-8(12)19-11/h2-5H,1H3,(H,13,14,16). The first-order valence-electron chi connectivity index (χ1n) is 5.15. The number of rotatable bonds is 3. The number of nitrogens with zero attached hydrogens (tertiary/aromatic N) is 2. The maximum Gasteiger partial charge on any atom is 0.285 e. The van der Waals surface area contributed by atoms with Gasteiger partial charge in [0.2, 0.25) is 0 Å². The second-order valence-corrected chi connectivity index (χ2v) is 6.06. The minimum Gasteiger partial charge on any atom is -0.298 e. The molecule has 1 aromatic carbocycles. The van der Waals surface area contributed by atoms with Gasteiger partial charge in [0.15, 0.2) is 5.13 Å². The molecule has 2 rings (SSSR count). The zero-order valence-electron chi connectivity index (χ0n) is 9.71. The fraction of sp³-hybridized carbons (Fsp3) is 0.0909. The topological polar surface area (TPSA) is 85.1 Å². The van der Waals surface area contributed by atoms with Crippen LogP contribution in [0.15, 0.2) is 28.2 Å². The molecule has 1 N–H and O–H groups in total. The van der Waals surface area contributed by atoms with E-state index in [4.69, 9.17) is 0 Å². The van der Waals surface area contributed by atoms with E-state index in [2.05, 4.69) is 26.2 Å². The van der Waals surface area contributed by atoms with E-state index in [1.807, 2.05) is 0 Å². The fourth-order valence-electron chi connectivity index (χ4n) is 1.56. The van der Waals surface area contributed by atoms with Crippen LogP contribution in [0.4, 0.5) is 10.8 Å². The highest BCUT2D eigenvalue weighted by atomic mass is 79.9. The highest BCUT2D eigenvalue weighted by Crippen LogP contribution is 2.26. The molecular weight excluding hydrogens is 334 g/mol. The summed E-state index contributed by atoms with van der Waals surface area (Å²) in [6.45, 7) is 1.59. The van der Waals surface area contributed by atoms with E-state index in [1.165, 1.54) is 17.4 Å². The first-order chi connectivity index (χ1) is 8.99. The monoisotopic (exact) mass is 341 g/mol. The van der Waals surface area contributed by atoms with Gasteiger partial charge in [-0.25, -0.2) is 4.98 Å². The summed E-state index contributed by atoms with van der Waals surface area (Å²) in [5.41, 5.74) is 0.282. The number of hydrogen-bond acceptors (Lipinski definition) is 5. The van der Waals surface area contributed by atoms with Crippen molar-refractivity contribution in [1.82, 2.24) is 4.98 Å². The molecule has 19 heavy (non-hydrogen) atoms. The Morgan fingerprint density at radius 3 is 2.84 bits per heavy atom. The number of hydrogen-bond donors (Lipinski definition) is 1. The van der Waals surface area contributed by atoms with Crippen LogP contribution in [-0.2, 0) is 0 Å². The van der Waals surface area contributed by atoms with Crippen LogP contribution < -0.4 is 5.32 Å². The molecule has 0 aliphatic rings. The SMILES string of the molecule is Cc1cccc(C(=O)Nc2ncc(Br)s2)c1[N+](=O)[O-]. The van der Waals surface area contributed by atoms with Crippen LogP contribution in [-0.4, -0.2) is 15.8 Å².